The number of nitrogen functional groups attached to an aromatic ring is 1. The van der Waals surface area contributed by atoms with Gasteiger partial charge in [0.1, 0.15) is 5.82 Å². The molecule has 1 aliphatic heterocycles. The first-order chi connectivity index (χ1) is 6.27. The zero-order valence-corrected chi connectivity index (χ0v) is 8.56. The van der Waals surface area contributed by atoms with Crippen LogP contribution in [0, 0.1) is 6.92 Å². The summed E-state index contributed by atoms with van der Waals surface area (Å²) in [6.07, 6.45) is 2.18. The van der Waals surface area contributed by atoms with E-state index in [9.17, 15) is 0 Å². The topological polar surface area (TPSA) is 48.1 Å². The van der Waals surface area contributed by atoms with Crippen LogP contribution in [0.15, 0.2) is 0 Å². The van der Waals surface area contributed by atoms with Gasteiger partial charge in [-0.3, -0.25) is 0 Å². The number of thiazole rings is 1. The van der Waals surface area contributed by atoms with E-state index in [0.29, 0.717) is 11.7 Å². The molecular weight excluding hydrogens is 184 g/mol. The van der Waals surface area contributed by atoms with Crippen LogP contribution in [-0.4, -0.2) is 18.2 Å². The highest BCUT2D eigenvalue weighted by atomic mass is 32.1. The summed E-state index contributed by atoms with van der Waals surface area (Å²) in [6.45, 7) is 3.75. The SMILES string of the molecule is Cc1sc(C2CCOCC2)nc1N. The normalized spacial score (nSPS) is 19.2. The highest BCUT2D eigenvalue weighted by Crippen LogP contribution is 2.32. The minimum absolute atomic E-state index is 0.578. The minimum Gasteiger partial charge on any atom is -0.383 e. The number of rotatable bonds is 1. The molecule has 3 nitrogen and oxygen atoms in total. The van der Waals surface area contributed by atoms with Crippen molar-refractivity contribution >= 4 is 17.2 Å². The molecule has 2 heterocycles. The van der Waals surface area contributed by atoms with Crippen LogP contribution < -0.4 is 5.73 Å². The second-order valence-corrected chi connectivity index (χ2v) is 4.61. The van der Waals surface area contributed by atoms with Gasteiger partial charge < -0.3 is 10.5 Å². The van der Waals surface area contributed by atoms with Crippen molar-refractivity contribution in [1.82, 2.24) is 4.98 Å². The lowest BCUT2D eigenvalue weighted by Gasteiger charge is -2.19. The standard InChI is InChI=1S/C9H14N2OS/c1-6-8(10)11-9(13-6)7-2-4-12-5-3-7/h7H,2-5,10H2,1H3. The molecule has 0 aliphatic carbocycles. The molecule has 72 valence electrons. The summed E-state index contributed by atoms with van der Waals surface area (Å²) in [4.78, 5) is 5.51. The van der Waals surface area contributed by atoms with E-state index in [1.807, 2.05) is 6.92 Å². The number of aryl methyl sites for hydroxylation is 1. The van der Waals surface area contributed by atoms with Gasteiger partial charge in [0.15, 0.2) is 0 Å². The summed E-state index contributed by atoms with van der Waals surface area (Å²) >= 11 is 1.73. The zero-order valence-electron chi connectivity index (χ0n) is 7.75. The fourth-order valence-electron chi connectivity index (χ4n) is 1.55. The molecule has 2 N–H and O–H groups in total. The molecule has 13 heavy (non-hydrogen) atoms. The molecular formula is C9H14N2OS. The average Bonchev–Trinajstić information content (AvgIpc) is 2.49. The van der Waals surface area contributed by atoms with Gasteiger partial charge in [-0.2, -0.15) is 0 Å². The van der Waals surface area contributed by atoms with E-state index in [4.69, 9.17) is 10.5 Å². The summed E-state index contributed by atoms with van der Waals surface area (Å²) in [5.41, 5.74) is 5.72. The maximum Gasteiger partial charge on any atom is 0.137 e. The van der Waals surface area contributed by atoms with Crippen molar-refractivity contribution < 1.29 is 4.74 Å². The largest absolute Gasteiger partial charge is 0.383 e. The molecule has 0 radical (unpaired) electrons. The van der Waals surface area contributed by atoms with Crippen molar-refractivity contribution in [2.45, 2.75) is 25.7 Å². The van der Waals surface area contributed by atoms with Crippen molar-refractivity contribution in [3.63, 3.8) is 0 Å². The van der Waals surface area contributed by atoms with Crippen LogP contribution >= 0.6 is 11.3 Å². The molecule has 0 aromatic carbocycles. The van der Waals surface area contributed by atoms with Gasteiger partial charge >= 0.3 is 0 Å². The predicted molar refractivity (Wildman–Crippen MR) is 54.1 cm³/mol. The molecule has 0 saturated carbocycles. The molecule has 4 heteroatoms. The average molecular weight is 198 g/mol. The Morgan fingerprint density at radius 1 is 1.46 bits per heavy atom. The number of aromatic nitrogens is 1. The monoisotopic (exact) mass is 198 g/mol. The van der Waals surface area contributed by atoms with Gasteiger partial charge in [0, 0.05) is 24.0 Å². The van der Waals surface area contributed by atoms with E-state index in [1.54, 1.807) is 11.3 Å². The molecule has 0 unspecified atom stereocenters. The Labute approximate surface area is 81.9 Å². The lowest BCUT2D eigenvalue weighted by molar-refractivity contribution is 0.0853. The maximum atomic E-state index is 5.72. The van der Waals surface area contributed by atoms with Gasteiger partial charge in [0.05, 0.1) is 5.01 Å². The van der Waals surface area contributed by atoms with Crippen LogP contribution in [-0.2, 0) is 4.74 Å². The van der Waals surface area contributed by atoms with Crippen molar-refractivity contribution in [3.8, 4) is 0 Å². The van der Waals surface area contributed by atoms with Crippen molar-refractivity contribution in [2.75, 3.05) is 18.9 Å². The lowest BCUT2D eigenvalue weighted by Crippen LogP contribution is -2.13. The van der Waals surface area contributed by atoms with Crippen LogP contribution in [0.5, 0.6) is 0 Å². The van der Waals surface area contributed by atoms with E-state index in [-0.39, 0.29) is 0 Å². The molecule has 2 rings (SSSR count). The minimum atomic E-state index is 0.578. The van der Waals surface area contributed by atoms with Gasteiger partial charge in [-0.25, -0.2) is 4.98 Å². The quantitative estimate of drug-likeness (QED) is 0.750. The highest BCUT2D eigenvalue weighted by molar-refractivity contribution is 7.12. The van der Waals surface area contributed by atoms with Crippen molar-refractivity contribution in [2.24, 2.45) is 0 Å². The number of hydrogen-bond donors (Lipinski definition) is 1. The van der Waals surface area contributed by atoms with Crippen LogP contribution in [0.1, 0.15) is 28.6 Å². The van der Waals surface area contributed by atoms with E-state index in [2.05, 4.69) is 4.98 Å². The Hall–Kier alpha value is -0.610. The van der Waals surface area contributed by atoms with Crippen LogP contribution in [0.2, 0.25) is 0 Å². The first-order valence-corrected chi connectivity index (χ1v) is 5.39. The van der Waals surface area contributed by atoms with Crippen molar-refractivity contribution in [1.29, 1.82) is 0 Å². The van der Waals surface area contributed by atoms with Crippen LogP contribution in [0.3, 0.4) is 0 Å². The van der Waals surface area contributed by atoms with E-state index in [0.717, 1.165) is 30.9 Å². The third kappa shape index (κ3) is 1.84. The third-order valence-electron chi connectivity index (χ3n) is 2.42. The Bertz CT molecular complexity index is 272. The van der Waals surface area contributed by atoms with Gasteiger partial charge in [-0.1, -0.05) is 0 Å². The van der Waals surface area contributed by atoms with E-state index < -0.39 is 0 Å². The third-order valence-corrected chi connectivity index (χ3v) is 3.57. The summed E-state index contributed by atoms with van der Waals surface area (Å²) in [5.74, 6) is 1.28. The lowest BCUT2D eigenvalue weighted by atomic mass is 10.0. The maximum absolute atomic E-state index is 5.72. The zero-order chi connectivity index (χ0) is 9.26. The molecule has 0 bridgehead atoms. The molecule has 1 aliphatic rings. The first-order valence-electron chi connectivity index (χ1n) is 4.58. The Balaban J connectivity index is 2.14. The molecule has 1 fully saturated rings. The molecule has 0 spiro atoms. The second-order valence-electron chi connectivity index (χ2n) is 3.38. The first kappa shape index (κ1) is 8.97. The number of ether oxygens (including phenoxy) is 1. The van der Waals surface area contributed by atoms with Gasteiger partial charge in [0.2, 0.25) is 0 Å². The van der Waals surface area contributed by atoms with Crippen molar-refractivity contribution in [3.05, 3.63) is 9.88 Å². The number of hydrogen-bond acceptors (Lipinski definition) is 4. The van der Waals surface area contributed by atoms with Gasteiger partial charge in [-0.15, -0.1) is 11.3 Å². The molecule has 0 atom stereocenters. The Kier molecular flexibility index (Phi) is 2.51. The smallest absolute Gasteiger partial charge is 0.137 e. The highest BCUT2D eigenvalue weighted by Gasteiger charge is 2.19. The summed E-state index contributed by atoms with van der Waals surface area (Å²) in [7, 11) is 0. The fourth-order valence-corrected chi connectivity index (χ4v) is 2.56. The second kappa shape index (κ2) is 3.64. The summed E-state index contributed by atoms with van der Waals surface area (Å²) in [6, 6.07) is 0. The Morgan fingerprint density at radius 2 is 2.15 bits per heavy atom. The molecule has 1 aromatic rings. The fraction of sp³-hybridized carbons (Fsp3) is 0.667. The number of nitrogens with zero attached hydrogens (tertiary/aromatic N) is 1. The van der Waals surface area contributed by atoms with E-state index >= 15 is 0 Å². The molecule has 1 saturated heterocycles. The van der Waals surface area contributed by atoms with E-state index in [1.165, 1.54) is 5.01 Å². The van der Waals surface area contributed by atoms with Gasteiger partial charge in [0.25, 0.3) is 0 Å². The summed E-state index contributed by atoms with van der Waals surface area (Å²) < 4.78 is 5.30. The molecule has 1 aromatic heterocycles. The number of nitrogens with two attached hydrogens (primary N) is 1. The summed E-state index contributed by atoms with van der Waals surface area (Å²) in [5, 5.41) is 1.19. The van der Waals surface area contributed by atoms with Gasteiger partial charge in [-0.05, 0) is 19.8 Å². The number of anilines is 1. The van der Waals surface area contributed by atoms with Crippen LogP contribution in [0.4, 0.5) is 5.82 Å². The molecule has 0 amide bonds. The van der Waals surface area contributed by atoms with Crippen LogP contribution in [0.25, 0.3) is 0 Å². The Morgan fingerprint density at radius 3 is 2.69 bits per heavy atom. The predicted octanol–water partition coefficient (Wildman–Crippen LogP) is 1.93.